The van der Waals surface area contributed by atoms with Crippen LogP contribution in [0.5, 0.6) is 0 Å². The molecule has 1 heterocycles. The highest BCUT2D eigenvalue weighted by molar-refractivity contribution is 6.01. The standard InChI is InChI=1S/C11H12N2O2/c1-13-7-8-15-11(13)12-10(14)9-5-3-2-4-6-9/h2-6H,7-8H2,1H3. The lowest BCUT2D eigenvalue weighted by Gasteiger charge is -2.06. The molecular formula is C11H12N2O2. The van der Waals surface area contributed by atoms with Gasteiger partial charge in [0.2, 0.25) is 0 Å². The van der Waals surface area contributed by atoms with Crippen LogP contribution in [0, 0.1) is 0 Å². The summed E-state index contributed by atoms with van der Waals surface area (Å²) in [5.41, 5.74) is 0.578. The van der Waals surface area contributed by atoms with E-state index in [2.05, 4.69) is 4.99 Å². The number of ether oxygens (including phenoxy) is 1. The largest absolute Gasteiger partial charge is 0.463 e. The number of likely N-dealkylation sites (N-methyl/N-ethyl adjacent to an activating group) is 1. The van der Waals surface area contributed by atoms with Crippen molar-refractivity contribution in [3.63, 3.8) is 0 Å². The number of aliphatic imine (C=N–C) groups is 1. The van der Waals surface area contributed by atoms with Crippen LogP contribution in [0.2, 0.25) is 0 Å². The fourth-order valence-electron chi connectivity index (χ4n) is 1.33. The second-order valence-corrected chi connectivity index (χ2v) is 3.34. The topological polar surface area (TPSA) is 41.9 Å². The zero-order chi connectivity index (χ0) is 10.7. The lowest BCUT2D eigenvalue weighted by Crippen LogP contribution is -2.21. The summed E-state index contributed by atoms with van der Waals surface area (Å²) in [6, 6.07) is 9.37. The number of hydrogen-bond acceptors (Lipinski definition) is 2. The third-order valence-corrected chi connectivity index (χ3v) is 2.20. The summed E-state index contributed by atoms with van der Waals surface area (Å²) in [6.45, 7) is 1.37. The molecule has 1 aliphatic heterocycles. The molecule has 1 aromatic rings. The quantitative estimate of drug-likeness (QED) is 0.689. The van der Waals surface area contributed by atoms with Crippen LogP contribution in [-0.2, 0) is 4.74 Å². The Kier molecular flexibility index (Phi) is 2.67. The Balaban J connectivity index is 2.16. The Morgan fingerprint density at radius 2 is 2.13 bits per heavy atom. The molecule has 0 atom stereocenters. The fraction of sp³-hybridized carbons (Fsp3) is 0.273. The van der Waals surface area contributed by atoms with E-state index in [-0.39, 0.29) is 5.91 Å². The van der Waals surface area contributed by atoms with Crippen molar-refractivity contribution < 1.29 is 9.53 Å². The molecule has 4 nitrogen and oxygen atoms in total. The van der Waals surface area contributed by atoms with Crippen molar-refractivity contribution in [2.75, 3.05) is 20.2 Å². The number of hydrogen-bond donors (Lipinski definition) is 0. The summed E-state index contributed by atoms with van der Waals surface area (Å²) in [5, 5.41) is 0. The maximum atomic E-state index is 11.7. The van der Waals surface area contributed by atoms with Crippen molar-refractivity contribution in [1.29, 1.82) is 0 Å². The second kappa shape index (κ2) is 4.13. The van der Waals surface area contributed by atoms with Crippen molar-refractivity contribution in [1.82, 2.24) is 4.90 Å². The molecule has 0 aliphatic carbocycles. The first-order chi connectivity index (χ1) is 7.27. The van der Waals surface area contributed by atoms with Gasteiger partial charge in [0.15, 0.2) is 0 Å². The SMILES string of the molecule is CN1CCOC1=NC(=O)c1ccccc1. The molecule has 4 heteroatoms. The van der Waals surface area contributed by atoms with Crippen LogP contribution in [0.3, 0.4) is 0 Å². The zero-order valence-electron chi connectivity index (χ0n) is 8.51. The van der Waals surface area contributed by atoms with Gasteiger partial charge >= 0.3 is 0 Å². The molecule has 1 aromatic carbocycles. The summed E-state index contributed by atoms with van der Waals surface area (Å²) >= 11 is 0. The van der Waals surface area contributed by atoms with E-state index in [1.807, 2.05) is 30.1 Å². The number of carbonyl (C=O) groups is 1. The molecule has 1 amide bonds. The summed E-state index contributed by atoms with van der Waals surface area (Å²) in [6.07, 6.45) is 0. The van der Waals surface area contributed by atoms with Crippen molar-refractivity contribution >= 4 is 11.9 Å². The number of amidine groups is 1. The van der Waals surface area contributed by atoms with Gasteiger partial charge < -0.3 is 9.64 Å². The Morgan fingerprint density at radius 3 is 2.73 bits per heavy atom. The van der Waals surface area contributed by atoms with Crippen LogP contribution in [0.4, 0.5) is 0 Å². The first kappa shape index (κ1) is 9.71. The fourth-order valence-corrected chi connectivity index (χ4v) is 1.33. The average Bonchev–Trinajstić information content (AvgIpc) is 2.66. The van der Waals surface area contributed by atoms with Gasteiger partial charge in [0.25, 0.3) is 11.9 Å². The van der Waals surface area contributed by atoms with Crippen molar-refractivity contribution in [3.05, 3.63) is 35.9 Å². The van der Waals surface area contributed by atoms with E-state index in [1.165, 1.54) is 0 Å². The van der Waals surface area contributed by atoms with Gasteiger partial charge in [-0.3, -0.25) is 4.79 Å². The second-order valence-electron chi connectivity index (χ2n) is 3.34. The van der Waals surface area contributed by atoms with E-state index in [1.54, 1.807) is 12.1 Å². The van der Waals surface area contributed by atoms with Crippen molar-refractivity contribution in [2.24, 2.45) is 4.99 Å². The molecule has 0 N–H and O–H groups in total. The minimum atomic E-state index is -0.264. The average molecular weight is 204 g/mol. The summed E-state index contributed by atoms with van der Waals surface area (Å²) in [4.78, 5) is 17.4. The Hall–Kier alpha value is -1.84. The predicted octanol–water partition coefficient (Wildman–Crippen LogP) is 1.14. The van der Waals surface area contributed by atoms with Gasteiger partial charge in [-0.05, 0) is 12.1 Å². The van der Waals surface area contributed by atoms with E-state index in [0.717, 1.165) is 6.54 Å². The summed E-state index contributed by atoms with van der Waals surface area (Å²) < 4.78 is 5.21. The molecule has 0 spiro atoms. The molecule has 0 radical (unpaired) electrons. The van der Waals surface area contributed by atoms with Crippen LogP contribution in [0.25, 0.3) is 0 Å². The first-order valence-corrected chi connectivity index (χ1v) is 4.79. The van der Waals surface area contributed by atoms with E-state index in [9.17, 15) is 4.79 Å². The van der Waals surface area contributed by atoms with E-state index < -0.39 is 0 Å². The molecule has 78 valence electrons. The minimum absolute atomic E-state index is 0.264. The molecule has 0 aromatic heterocycles. The van der Waals surface area contributed by atoms with Crippen LogP contribution in [0.1, 0.15) is 10.4 Å². The molecule has 2 rings (SSSR count). The Morgan fingerprint density at radius 1 is 1.40 bits per heavy atom. The predicted molar refractivity (Wildman–Crippen MR) is 56.8 cm³/mol. The van der Waals surface area contributed by atoms with Gasteiger partial charge in [0.05, 0.1) is 6.54 Å². The van der Waals surface area contributed by atoms with Gasteiger partial charge in [-0.2, -0.15) is 4.99 Å². The van der Waals surface area contributed by atoms with Crippen LogP contribution in [0.15, 0.2) is 35.3 Å². The molecule has 1 aliphatic rings. The number of nitrogens with zero attached hydrogens (tertiary/aromatic N) is 2. The van der Waals surface area contributed by atoms with Gasteiger partial charge in [0.1, 0.15) is 6.61 Å². The molecule has 1 fully saturated rings. The molecule has 1 saturated heterocycles. The highest BCUT2D eigenvalue weighted by atomic mass is 16.5. The lowest BCUT2D eigenvalue weighted by atomic mass is 10.2. The monoisotopic (exact) mass is 204 g/mol. The maximum Gasteiger partial charge on any atom is 0.295 e. The maximum absolute atomic E-state index is 11.7. The molecule has 0 saturated carbocycles. The highest BCUT2D eigenvalue weighted by Crippen LogP contribution is 2.05. The summed E-state index contributed by atoms with van der Waals surface area (Å²) in [5.74, 6) is -0.264. The van der Waals surface area contributed by atoms with E-state index in [4.69, 9.17) is 4.74 Å². The molecular weight excluding hydrogens is 192 g/mol. The minimum Gasteiger partial charge on any atom is -0.463 e. The Bertz CT molecular complexity index is 387. The zero-order valence-corrected chi connectivity index (χ0v) is 8.51. The number of rotatable bonds is 1. The van der Waals surface area contributed by atoms with E-state index in [0.29, 0.717) is 18.2 Å². The third-order valence-electron chi connectivity index (χ3n) is 2.20. The number of amides is 1. The van der Waals surface area contributed by atoms with Gasteiger partial charge in [-0.25, -0.2) is 0 Å². The van der Waals surface area contributed by atoms with Crippen molar-refractivity contribution in [2.45, 2.75) is 0 Å². The number of benzene rings is 1. The molecule has 0 unspecified atom stereocenters. The summed E-state index contributed by atoms with van der Waals surface area (Å²) in [7, 11) is 1.85. The lowest BCUT2D eigenvalue weighted by molar-refractivity contribution is 0.0998. The van der Waals surface area contributed by atoms with Crippen LogP contribution in [-0.4, -0.2) is 37.0 Å². The highest BCUT2D eigenvalue weighted by Gasteiger charge is 2.17. The Labute approximate surface area is 88.2 Å². The first-order valence-electron chi connectivity index (χ1n) is 4.79. The molecule has 0 bridgehead atoms. The van der Waals surface area contributed by atoms with Gasteiger partial charge in [-0.1, -0.05) is 18.2 Å². The van der Waals surface area contributed by atoms with Gasteiger partial charge in [0, 0.05) is 12.6 Å². The normalized spacial score (nSPS) is 17.9. The van der Waals surface area contributed by atoms with Gasteiger partial charge in [-0.15, -0.1) is 0 Å². The van der Waals surface area contributed by atoms with E-state index >= 15 is 0 Å². The van der Waals surface area contributed by atoms with Crippen LogP contribution < -0.4 is 0 Å². The number of carbonyl (C=O) groups excluding carboxylic acids is 1. The third kappa shape index (κ3) is 2.15. The molecule has 15 heavy (non-hydrogen) atoms. The van der Waals surface area contributed by atoms with Crippen LogP contribution >= 0.6 is 0 Å². The smallest absolute Gasteiger partial charge is 0.295 e. The van der Waals surface area contributed by atoms with Crippen molar-refractivity contribution in [3.8, 4) is 0 Å².